The molecule has 0 aliphatic carbocycles. The predicted octanol–water partition coefficient (Wildman–Crippen LogP) is 5.03. The molecule has 6 heteroatoms. The number of anilines is 1. The summed E-state index contributed by atoms with van der Waals surface area (Å²) in [7, 11) is 0. The Morgan fingerprint density at radius 1 is 1.07 bits per heavy atom. The maximum absolute atomic E-state index is 12.5. The van der Waals surface area contributed by atoms with Crippen LogP contribution in [0.3, 0.4) is 0 Å². The van der Waals surface area contributed by atoms with Gasteiger partial charge in [-0.15, -0.1) is 0 Å². The Labute approximate surface area is 172 Å². The van der Waals surface area contributed by atoms with Crippen molar-refractivity contribution in [3.63, 3.8) is 0 Å². The third-order valence-corrected chi connectivity index (χ3v) is 3.97. The van der Waals surface area contributed by atoms with Crippen LogP contribution < -0.4 is 20.1 Å². The molecule has 28 heavy (non-hydrogen) atoms. The predicted molar refractivity (Wildman–Crippen MR) is 117 cm³/mol. The van der Waals surface area contributed by atoms with Crippen molar-refractivity contribution in [1.29, 1.82) is 0 Å². The fourth-order valence-electron chi connectivity index (χ4n) is 2.33. The zero-order chi connectivity index (χ0) is 20.4. The van der Waals surface area contributed by atoms with E-state index >= 15 is 0 Å². The van der Waals surface area contributed by atoms with Crippen molar-refractivity contribution >= 4 is 28.9 Å². The molecule has 0 aromatic heterocycles. The lowest BCUT2D eigenvalue weighted by atomic mass is 10.2. The van der Waals surface area contributed by atoms with Crippen molar-refractivity contribution in [3.8, 4) is 11.5 Å². The molecule has 0 aliphatic rings. The van der Waals surface area contributed by atoms with Gasteiger partial charge in [0.05, 0.1) is 13.2 Å². The van der Waals surface area contributed by atoms with Crippen LogP contribution in [0.5, 0.6) is 11.5 Å². The highest BCUT2D eigenvalue weighted by Gasteiger charge is 2.09. The van der Waals surface area contributed by atoms with Crippen molar-refractivity contribution in [1.82, 2.24) is 5.32 Å². The molecule has 0 fully saturated rings. The second-order valence-corrected chi connectivity index (χ2v) is 7.28. The normalized spacial score (nSPS) is 10.4. The fraction of sp³-hybridized carbons (Fsp3) is 0.364. The minimum Gasteiger partial charge on any atom is -0.494 e. The summed E-state index contributed by atoms with van der Waals surface area (Å²) in [6.07, 6.45) is 2.04. The van der Waals surface area contributed by atoms with Gasteiger partial charge in [-0.05, 0) is 54.9 Å². The van der Waals surface area contributed by atoms with Gasteiger partial charge in [0.2, 0.25) is 0 Å². The van der Waals surface area contributed by atoms with Crippen molar-refractivity contribution in [2.45, 2.75) is 33.6 Å². The lowest BCUT2D eigenvalue weighted by molar-refractivity contribution is 0.0977. The number of hydrogen-bond donors (Lipinski definition) is 2. The van der Waals surface area contributed by atoms with E-state index in [1.165, 1.54) is 0 Å². The van der Waals surface area contributed by atoms with E-state index in [9.17, 15) is 4.79 Å². The van der Waals surface area contributed by atoms with Crippen LogP contribution in [0, 0.1) is 5.92 Å². The standard InChI is InChI=1S/C22H28N2O3S/c1-4-5-12-26-19-10-6-8-17(13-19)21(25)24-22(28)23-18-9-7-11-20(14-18)27-15-16(2)3/h6-11,13-14,16H,4-5,12,15H2,1-3H3,(H2,23,24,25,28). The van der Waals surface area contributed by atoms with Crippen LogP contribution >= 0.6 is 12.2 Å². The highest BCUT2D eigenvalue weighted by atomic mass is 32.1. The molecule has 2 aromatic rings. The second kappa shape index (κ2) is 11.3. The highest BCUT2D eigenvalue weighted by Crippen LogP contribution is 2.18. The first-order chi connectivity index (χ1) is 13.5. The van der Waals surface area contributed by atoms with Gasteiger partial charge in [0.1, 0.15) is 11.5 Å². The quantitative estimate of drug-likeness (QED) is 0.457. The van der Waals surface area contributed by atoms with Gasteiger partial charge < -0.3 is 14.8 Å². The monoisotopic (exact) mass is 400 g/mol. The number of nitrogens with one attached hydrogen (secondary N) is 2. The van der Waals surface area contributed by atoms with E-state index in [0.29, 0.717) is 30.4 Å². The molecule has 2 rings (SSSR count). The van der Waals surface area contributed by atoms with Gasteiger partial charge in [0.25, 0.3) is 5.91 Å². The lowest BCUT2D eigenvalue weighted by Gasteiger charge is -2.13. The van der Waals surface area contributed by atoms with Crippen LogP contribution in [0.2, 0.25) is 0 Å². The Hall–Kier alpha value is -2.60. The maximum atomic E-state index is 12.5. The molecule has 2 N–H and O–H groups in total. The smallest absolute Gasteiger partial charge is 0.257 e. The van der Waals surface area contributed by atoms with Gasteiger partial charge in [-0.2, -0.15) is 0 Å². The zero-order valence-corrected chi connectivity index (χ0v) is 17.5. The third-order valence-electron chi connectivity index (χ3n) is 3.77. The van der Waals surface area contributed by atoms with E-state index in [0.717, 1.165) is 24.3 Å². The minimum atomic E-state index is -0.286. The average molecular weight is 401 g/mol. The highest BCUT2D eigenvalue weighted by molar-refractivity contribution is 7.80. The molecule has 1 amide bonds. The molecule has 150 valence electrons. The van der Waals surface area contributed by atoms with Gasteiger partial charge >= 0.3 is 0 Å². The molecule has 0 spiro atoms. The number of hydrogen-bond acceptors (Lipinski definition) is 4. The van der Waals surface area contributed by atoms with E-state index in [1.807, 2.05) is 30.3 Å². The fourth-order valence-corrected chi connectivity index (χ4v) is 2.54. The number of benzene rings is 2. The minimum absolute atomic E-state index is 0.225. The van der Waals surface area contributed by atoms with E-state index < -0.39 is 0 Å². The summed E-state index contributed by atoms with van der Waals surface area (Å²) < 4.78 is 11.4. The van der Waals surface area contributed by atoms with Gasteiger partial charge in [0.15, 0.2) is 5.11 Å². The molecular weight excluding hydrogens is 372 g/mol. The summed E-state index contributed by atoms with van der Waals surface area (Å²) >= 11 is 5.27. The second-order valence-electron chi connectivity index (χ2n) is 6.87. The molecule has 0 unspecified atom stereocenters. The number of amides is 1. The Bertz CT molecular complexity index is 793. The molecule has 2 aromatic carbocycles. The first-order valence-corrected chi connectivity index (χ1v) is 9.96. The summed E-state index contributed by atoms with van der Waals surface area (Å²) in [5, 5.41) is 5.93. The van der Waals surface area contributed by atoms with Gasteiger partial charge in [-0.3, -0.25) is 10.1 Å². The molecule has 0 saturated carbocycles. The van der Waals surface area contributed by atoms with Crippen LogP contribution in [0.4, 0.5) is 5.69 Å². The Kier molecular flexibility index (Phi) is 8.75. The zero-order valence-electron chi connectivity index (χ0n) is 16.7. The molecule has 0 bridgehead atoms. The Morgan fingerprint density at radius 2 is 1.79 bits per heavy atom. The molecule has 0 saturated heterocycles. The number of carbonyl (C=O) groups is 1. The summed E-state index contributed by atoms with van der Waals surface area (Å²) in [6, 6.07) is 14.6. The SMILES string of the molecule is CCCCOc1cccc(C(=O)NC(=S)Nc2cccc(OCC(C)C)c2)c1. The molecule has 0 heterocycles. The van der Waals surface area contributed by atoms with Crippen molar-refractivity contribution in [3.05, 3.63) is 54.1 Å². The van der Waals surface area contributed by atoms with E-state index in [-0.39, 0.29) is 11.0 Å². The molecule has 0 radical (unpaired) electrons. The Morgan fingerprint density at radius 3 is 2.50 bits per heavy atom. The number of unbranched alkanes of at least 4 members (excludes halogenated alkanes) is 1. The van der Waals surface area contributed by atoms with Crippen LogP contribution in [-0.2, 0) is 0 Å². The maximum Gasteiger partial charge on any atom is 0.257 e. The van der Waals surface area contributed by atoms with E-state index in [1.54, 1.807) is 18.2 Å². The summed E-state index contributed by atoms with van der Waals surface area (Å²) in [6.45, 7) is 7.57. The van der Waals surface area contributed by atoms with Gasteiger partial charge in [-0.25, -0.2) is 0 Å². The third kappa shape index (κ3) is 7.56. The summed E-state index contributed by atoms with van der Waals surface area (Å²) in [5.41, 5.74) is 1.25. The topological polar surface area (TPSA) is 59.6 Å². The molecule has 0 aliphatic heterocycles. The van der Waals surface area contributed by atoms with Crippen LogP contribution in [0.25, 0.3) is 0 Å². The molecular formula is C22H28N2O3S. The number of carbonyl (C=O) groups excluding carboxylic acids is 1. The molecule has 5 nitrogen and oxygen atoms in total. The first-order valence-electron chi connectivity index (χ1n) is 9.56. The van der Waals surface area contributed by atoms with Gasteiger partial charge in [0, 0.05) is 17.3 Å². The first kappa shape index (κ1) is 21.7. The van der Waals surface area contributed by atoms with E-state index in [2.05, 4.69) is 31.4 Å². The van der Waals surface area contributed by atoms with Crippen LogP contribution in [0.15, 0.2) is 48.5 Å². The molecule has 0 atom stereocenters. The van der Waals surface area contributed by atoms with Crippen molar-refractivity contribution in [2.24, 2.45) is 5.92 Å². The Balaban J connectivity index is 1.91. The number of thiocarbonyl (C=S) groups is 1. The van der Waals surface area contributed by atoms with Crippen LogP contribution in [-0.4, -0.2) is 24.2 Å². The van der Waals surface area contributed by atoms with Crippen LogP contribution in [0.1, 0.15) is 44.0 Å². The largest absolute Gasteiger partial charge is 0.494 e. The van der Waals surface area contributed by atoms with Gasteiger partial charge in [-0.1, -0.05) is 39.3 Å². The number of ether oxygens (including phenoxy) is 2. The summed E-state index contributed by atoms with van der Waals surface area (Å²) in [4.78, 5) is 12.5. The average Bonchev–Trinajstić information content (AvgIpc) is 2.67. The van der Waals surface area contributed by atoms with E-state index in [4.69, 9.17) is 21.7 Å². The summed E-state index contributed by atoms with van der Waals surface area (Å²) in [5.74, 6) is 1.59. The number of rotatable bonds is 9. The van der Waals surface area contributed by atoms with Crippen molar-refractivity contribution < 1.29 is 14.3 Å². The van der Waals surface area contributed by atoms with Crippen molar-refractivity contribution in [2.75, 3.05) is 18.5 Å². The lowest BCUT2D eigenvalue weighted by Crippen LogP contribution is -2.34.